The van der Waals surface area contributed by atoms with Crippen molar-refractivity contribution in [3.8, 4) is 17.2 Å². The molecule has 3 rings (SSSR count). The Hall–Kier alpha value is -3.80. The van der Waals surface area contributed by atoms with Crippen molar-refractivity contribution in [3.63, 3.8) is 0 Å². The van der Waals surface area contributed by atoms with Gasteiger partial charge in [-0.25, -0.2) is 10.3 Å². The number of amides is 3. The molecule has 0 unspecified atom stereocenters. The molecule has 1 saturated heterocycles. The van der Waals surface area contributed by atoms with Gasteiger partial charge in [0.15, 0.2) is 11.5 Å². The Bertz CT molecular complexity index is 1060. The first-order chi connectivity index (χ1) is 15.6. The zero-order valence-corrected chi connectivity index (χ0v) is 17.8. The van der Waals surface area contributed by atoms with Crippen molar-refractivity contribution in [2.45, 2.75) is 18.6 Å². The summed E-state index contributed by atoms with van der Waals surface area (Å²) in [6, 6.07) is 5.48. The molecule has 1 atom stereocenters. The number of hydrogen-bond donors (Lipinski definition) is 2. The molecule has 9 nitrogen and oxygen atoms in total. The van der Waals surface area contributed by atoms with E-state index in [4.69, 9.17) is 14.2 Å². The third kappa shape index (κ3) is 4.85. The number of nitrogens with one attached hydrogen (secondary N) is 2. The minimum atomic E-state index is -4.63. The number of carbonyl (C=O) groups excluding carboxylic acids is 3. The molecule has 1 aliphatic heterocycles. The first kappa shape index (κ1) is 23.9. The molecule has 33 heavy (non-hydrogen) atoms. The molecule has 2 aromatic rings. The molecule has 1 fully saturated rings. The van der Waals surface area contributed by atoms with Gasteiger partial charge >= 0.3 is 6.18 Å². The van der Waals surface area contributed by atoms with Gasteiger partial charge in [-0.05, 0) is 30.3 Å². The van der Waals surface area contributed by atoms with Crippen LogP contribution in [0.5, 0.6) is 17.2 Å². The summed E-state index contributed by atoms with van der Waals surface area (Å²) in [5, 5.41) is 0. The maximum Gasteiger partial charge on any atom is 0.416 e. The van der Waals surface area contributed by atoms with Crippen LogP contribution in [0.15, 0.2) is 36.4 Å². The van der Waals surface area contributed by atoms with Crippen LogP contribution in [0.2, 0.25) is 0 Å². The molecule has 0 aliphatic carbocycles. The second-order valence-corrected chi connectivity index (χ2v) is 6.88. The molecule has 0 radical (unpaired) electrons. The van der Waals surface area contributed by atoms with Crippen LogP contribution in [0.3, 0.4) is 0 Å². The fourth-order valence-electron chi connectivity index (χ4n) is 3.27. The molecule has 0 aromatic heterocycles. The number of rotatable bonds is 7. The van der Waals surface area contributed by atoms with Gasteiger partial charge in [-0.2, -0.15) is 13.2 Å². The summed E-state index contributed by atoms with van der Waals surface area (Å²) in [5.41, 5.74) is 3.68. The van der Waals surface area contributed by atoms with Gasteiger partial charge in [0.2, 0.25) is 11.7 Å². The molecule has 176 valence electrons. The van der Waals surface area contributed by atoms with E-state index in [2.05, 4.69) is 10.9 Å². The molecule has 1 heterocycles. The Labute approximate surface area is 186 Å². The van der Waals surface area contributed by atoms with Crippen LogP contribution in [0.4, 0.5) is 18.9 Å². The largest absolute Gasteiger partial charge is 0.493 e. The summed E-state index contributed by atoms with van der Waals surface area (Å²) in [7, 11) is 4.16. The summed E-state index contributed by atoms with van der Waals surface area (Å²) < 4.78 is 54.5. The minimum Gasteiger partial charge on any atom is -0.493 e. The number of carbonyl (C=O) groups is 3. The lowest BCUT2D eigenvalue weighted by Gasteiger charge is -2.18. The molecule has 1 aliphatic rings. The molecule has 2 aromatic carbocycles. The number of benzene rings is 2. The van der Waals surface area contributed by atoms with Crippen LogP contribution in [-0.2, 0) is 15.8 Å². The van der Waals surface area contributed by atoms with Crippen LogP contribution in [-0.4, -0.2) is 45.1 Å². The zero-order valence-electron chi connectivity index (χ0n) is 17.8. The first-order valence-electron chi connectivity index (χ1n) is 9.50. The van der Waals surface area contributed by atoms with Gasteiger partial charge in [0.25, 0.3) is 11.8 Å². The lowest BCUT2D eigenvalue weighted by atomic mass is 10.1. The molecule has 2 N–H and O–H groups in total. The van der Waals surface area contributed by atoms with Crippen LogP contribution in [0.1, 0.15) is 22.3 Å². The summed E-state index contributed by atoms with van der Waals surface area (Å²) >= 11 is 0. The molecular weight excluding hydrogens is 447 g/mol. The highest BCUT2D eigenvalue weighted by molar-refractivity contribution is 6.22. The summed E-state index contributed by atoms with van der Waals surface area (Å²) in [6.45, 7) is 0. The van der Waals surface area contributed by atoms with Crippen molar-refractivity contribution in [3.05, 3.63) is 47.5 Å². The predicted molar refractivity (Wildman–Crippen MR) is 109 cm³/mol. The molecule has 0 spiro atoms. The van der Waals surface area contributed by atoms with Gasteiger partial charge in [-0.15, -0.1) is 0 Å². The highest BCUT2D eigenvalue weighted by Gasteiger charge is 2.41. The number of alkyl halides is 3. The van der Waals surface area contributed by atoms with E-state index in [0.717, 1.165) is 12.1 Å². The number of halogens is 3. The van der Waals surface area contributed by atoms with Crippen molar-refractivity contribution in [1.82, 2.24) is 10.9 Å². The van der Waals surface area contributed by atoms with E-state index in [1.54, 1.807) is 0 Å². The van der Waals surface area contributed by atoms with Crippen LogP contribution in [0, 0.1) is 0 Å². The van der Waals surface area contributed by atoms with E-state index in [1.165, 1.54) is 39.5 Å². The Kier molecular flexibility index (Phi) is 6.77. The van der Waals surface area contributed by atoms with Gasteiger partial charge in [0, 0.05) is 5.56 Å². The fourth-order valence-corrected chi connectivity index (χ4v) is 3.27. The van der Waals surface area contributed by atoms with Crippen LogP contribution in [0.25, 0.3) is 0 Å². The highest BCUT2D eigenvalue weighted by Crippen LogP contribution is 2.38. The number of ether oxygens (including phenoxy) is 3. The number of methoxy groups -OCH3 is 3. The number of hydrazine groups is 1. The highest BCUT2D eigenvalue weighted by atomic mass is 19.4. The van der Waals surface area contributed by atoms with Gasteiger partial charge in [0.05, 0.1) is 39.0 Å². The second-order valence-electron chi connectivity index (χ2n) is 6.88. The van der Waals surface area contributed by atoms with Gasteiger partial charge < -0.3 is 14.2 Å². The molecular formula is C21H20F3N3O6. The van der Waals surface area contributed by atoms with Crippen molar-refractivity contribution in [1.29, 1.82) is 0 Å². The Morgan fingerprint density at radius 3 is 2.21 bits per heavy atom. The lowest BCUT2D eigenvalue weighted by molar-refractivity contribution is -0.137. The van der Waals surface area contributed by atoms with E-state index in [9.17, 15) is 27.6 Å². The molecule has 0 bridgehead atoms. The van der Waals surface area contributed by atoms with E-state index in [1.807, 2.05) is 0 Å². The normalized spacial score (nSPS) is 16.1. The maximum absolute atomic E-state index is 13.0. The zero-order chi connectivity index (χ0) is 24.3. The van der Waals surface area contributed by atoms with Crippen molar-refractivity contribution < 1.29 is 41.8 Å². The monoisotopic (exact) mass is 467 g/mol. The van der Waals surface area contributed by atoms with Crippen molar-refractivity contribution >= 4 is 23.4 Å². The number of nitrogens with zero attached hydrogens (tertiary/aromatic N) is 1. The first-order valence-corrected chi connectivity index (χ1v) is 9.50. The predicted octanol–water partition coefficient (Wildman–Crippen LogP) is 2.30. The van der Waals surface area contributed by atoms with Crippen LogP contribution >= 0.6 is 0 Å². The summed E-state index contributed by atoms with van der Waals surface area (Å²) in [4.78, 5) is 38.2. The average molecular weight is 467 g/mol. The molecule has 12 heteroatoms. The standard InChI is InChI=1S/C21H20F3N3O6/c1-31-15-7-11(8-16(32-2)18(15)33-3)19(29)26-25-14-10-17(28)27(20(14)30)13-6-4-5-12(9-13)21(22,23)24/h4-9,14,25H,10H2,1-3H3,(H,26,29)/t14-/m0/s1. The van der Waals surface area contributed by atoms with Gasteiger partial charge in [0.1, 0.15) is 6.04 Å². The van der Waals surface area contributed by atoms with Crippen LogP contribution < -0.4 is 30.0 Å². The van der Waals surface area contributed by atoms with E-state index < -0.39 is 35.5 Å². The number of anilines is 1. The Morgan fingerprint density at radius 1 is 1.03 bits per heavy atom. The summed E-state index contributed by atoms with van der Waals surface area (Å²) in [5.74, 6) is -1.46. The Morgan fingerprint density at radius 2 is 1.67 bits per heavy atom. The second kappa shape index (κ2) is 9.36. The van der Waals surface area contributed by atoms with E-state index in [-0.39, 0.29) is 34.9 Å². The average Bonchev–Trinajstić information content (AvgIpc) is 3.08. The quantitative estimate of drug-likeness (QED) is 0.476. The van der Waals surface area contributed by atoms with Crippen molar-refractivity contribution in [2.24, 2.45) is 0 Å². The van der Waals surface area contributed by atoms with Crippen molar-refractivity contribution in [2.75, 3.05) is 26.2 Å². The maximum atomic E-state index is 13.0. The molecule has 0 saturated carbocycles. The topological polar surface area (TPSA) is 106 Å². The third-order valence-corrected chi connectivity index (χ3v) is 4.87. The SMILES string of the molecule is COc1cc(C(=O)NN[C@H]2CC(=O)N(c3cccc(C(F)(F)F)c3)C2=O)cc(OC)c1OC. The van der Waals surface area contributed by atoms with Gasteiger partial charge in [-0.1, -0.05) is 6.07 Å². The summed E-state index contributed by atoms with van der Waals surface area (Å²) in [6.07, 6.45) is -4.99. The Balaban J connectivity index is 1.74. The lowest BCUT2D eigenvalue weighted by Crippen LogP contribution is -2.48. The van der Waals surface area contributed by atoms with Gasteiger partial charge in [-0.3, -0.25) is 19.8 Å². The van der Waals surface area contributed by atoms with E-state index >= 15 is 0 Å². The number of hydrogen-bond acceptors (Lipinski definition) is 7. The smallest absolute Gasteiger partial charge is 0.416 e. The fraction of sp³-hybridized carbons (Fsp3) is 0.286. The molecule has 3 amide bonds. The third-order valence-electron chi connectivity index (χ3n) is 4.87. The van der Waals surface area contributed by atoms with E-state index in [0.29, 0.717) is 11.0 Å². The minimum absolute atomic E-state index is 0.100. The number of imide groups is 1.